The van der Waals surface area contributed by atoms with Crippen molar-refractivity contribution >= 4 is 48.9 Å². The van der Waals surface area contributed by atoms with Crippen molar-refractivity contribution in [2.45, 2.75) is 6.92 Å². The van der Waals surface area contributed by atoms with Gasteiger partial charge in [-0.3, -0.25) is 4.72 Å². The molecule has 3 heterocycles. The molecule has 1 atom stereocenters. The third kappa shape index (κ3) is 2.77. The number of hydrogen-bond acceptors (Lipinski definition) is 7. The van der Waals surface area contributed by atoms with Crippen LogP contribution in [0.5, 0.6) is 0 Å². The van der Waals surface area contributed by atoms with E-state index >= 15 is 0 Å². The minimum Gasteiger partial charge on any atom is -0.272 e. The van der Waals surface area contributed by atoms with Crippen LogP contribution in [0.4, 0.5) is 10.1 Å². The largest absolute Gasteiger partial charge is 0.331 e. The van der Waals surface area contributed by atoms with Crippen molar-refractivity contribution in [3.05, 3.63) is 34.6 Å². The lowest BCUT2D eigenvalue weighted by molar-refractivity contribution is -0.993. The van der Waals surface area contributed by atoms with E-state index in [1.165, 1.54) is 31.8 Å². The van der Waals surface area contributed by atoms with E-state index in [0.717, 1.165) is 0 Å². The molecule has 0 aliphatic carbocycles. The van der Waals surface area contributed by atoms with E-state index in [9.17, 15) is 12.8 Å². The number of sulfonamides is 1. The number of hydrogen-bond donors (Lipinski definition) is 1. The summed E-state index contributed by atoms with van der Waals surface area (Å²) in [5.74, 6) is -0.799. The zero-order valence-corrected chi connectivity index (χ0v) is 14.8. The second-order valence-electron chi connectivity index (χ2n) is 4.77. The Morgan fingerprint density at radius 1 is 1.42 bits per heavy atom. The van der Waals surface area contributed by atoms with Crippen LogP contribution in [-0.4, -0.2) is 42.5 Å². The molecule has 1 unspecified atom stereocenters. The fourth-order valence-electron chi connectivity index (χ4n) is 2.00. The number of pyridine rings is 1. The molecule has 12 heteroatoms. The highest BCUT2D eigenvalue weighted by atomic mass is 79.9. The molecule has 1 aromatic heterocycles. The van der Waals surface area contributed by atoms with Crippen molar-refractivity contribution in [2.24, 2.45) is 15.1 Å². The van der Waals surface area contributed by atoms with Gasteiger partial charge in [-0.2, -0.15) is 22.6 Å². The molecule has 24 heavy (non-hydrogen) atoms. The van der Waals surface area contributed by atoms with Gasteiger partial charge in [0.1, 0.15) is 11.9 Å². The number of amidine groups is 2. The SMILES string of the molecule is CO[N+]12C=C(Br)N=CC1=NC(S(=O)(=O)Nc1c(C)ccnc1F)=N2. The molecule has 126 valence electrons. The van der Waals surface area contributed by atoms with E-state index in [1.807, 2.05) is 0 Å². The average Bonchev–Trinajstić information content (AvgIpc) is 2.91. The summed E-state index contributed by atoms with van der Waals surface area (Å²) in [6, 6.07) is 1.47. The molecule has 0 aromatic carbocycles. The minimum atomic E-state index is -4.25. The van der Waals surface area contributed by atoms with E-state index < -0.39 is 25.9 Å². The van der Waals surface area contributed by atoms with Gasteiger partial charge in [0, 0.05) is 16.1 Å². The molecule has 2 aliphatic heterocycles. The van der Waals surface area contributed by atoms with E-state index in [-0.39, 0.29) is 11.5 Å². The molecular formula is C12H11BrFN6O3S+. The number of quaternary nitrogens is 1. The molecular weight excluding hydrogens is 407 g/mol. The molecule has 0 saturated heterocycles. The van der Waals surface area contributed by atoms with Crippen LogP contribution in [0.25, 0.3) is 0 Å². The third-order valence-corrected chi connectivity index (χ3v) is 4.76. The minimum absolute atomic E-state index is 0.143. The fourth-order valence-corrected chi connectivity index (χ4v) is 3.43. The van der Waals surface area contributed by atoms with Gasteiger partial charge < -0.3 is 0 Å². The quantitative estimate of drug-likeness (QED) is 0.458. The Morgan fingerprint density at radius 3 is 2.83 bits per heavy atom. The predicted octanol–water partition coefficient (Wildman–Crippen LogP) is 1.61. The van der Waals surface area contributed by atoms with Crippen molar-refractivity contribution in [1.82, 2.24) is 4.98 Å². The number of halogens is 2. The highest BCUT2D eigenvalue weighted by Gasteiger charge is 2.46. The van der Waals surface area contributed by atoms with Gasteiger partial charge in [-0.25, -0.2) is 9.98 Å². The smallest absolute Gasteiger partial charge is 0.272 e. The Kier molecular flexibility index (Phi) is 4.07. The normalized spacial score (nSPS) is 22.6. The van der Waals surface area contributed by atoms with Gasteiger partial charge in [0.15, 0.2) is 10.8 Å². The maximum absolute atomic E-state index is 13.8. The molecule has 2 aliphatic rings. The molecule has 1 N–H and O–H groups in total. The van der Waals surface area contributed by atoms with E-state index in [1.54, 1.807) is 6.92 Å². The molecule has 0 amide bonds. The van der Waals surface area contributed by atoms with Crippen LogP contribution < -0.4 is 4.72 Å². The monoisotopic (exact) mass is 417 g/mol. The first-order valence-corrected chi connectivity index (χ1v) is 8.75. The summed E-state index contributed by atoms with van der Waals surface area (Å²) in [4.78, 5) is 16.5. The first kappa shape index (κ1) is 16.8. The van der Waals surface area contributed by atoms with Crippen LogP contribution in [0, 0.1) is 12.9 Å². The Hall–Kier alpha value is -2.02. The standard InChI is InChI=1S/C12H11BrFN6O3S/c1-7-3-4-15-11(14)10(7)19-24(21,22)12-17-9-5-16-8(13)6-20(9,18-12)23-2/h3-6,19H,1-2H3/q+1. The Labute approximate surface area is 145 Å². The number of fused-ring (bicyclic) bond motifs is 1. The summed E-state index contributed by atoms with van der Waals surface area (Å²) in [7, 11) is -2.92. The molecule has 9 nitrogen and oxygen atoms in total. The van der Waals surface area contributed by atoms with Crippen molar-refractivity contribution < 1.29 is 22.4 Å². The van der Waals surface area contributed by atoms with Gasteiger partial charge in [0.25, 0.3) is 0 Å². The highest BCUT2D eigenvalue weighted by Crippen LogP contribution is 2.28. The summed E-state index contributed by atoms with van der Waals surface area (Å²) in [5, 5.41) is 3.41. The van der Waals surface area contributed by atoms with Crippen LogP contribution in [0.3, 0.4) is 0 Å². The number of anilines is 1. The van der Waals surface area contributed by atoms with Crippen LogP contribution in [0.1, 0.15) is 5.56 Å². The molecule has 3 rings (SSSR count). The maximum Gasteiger partial charge on any atom is 0.331 e. The molecule has 0 fully saturated rings. The van der Waals surface area contributed by atoms with Crippen molar-refractivity contribution in [1.29, 1.82) is 0 Å². The van der Waals surface area contributed by atoms with Crippen LogP contribution in [0.2, 0.25) is 0 Å². The van der Waals surface area contributed by atoms with E-state index in [2.05, 4.69) is 40.7 Å². The number of aryl methyl sites for hydroxylation is 1. The van der Waals surface area contributed by atoms with Gasteiger partial charge in [-0.15, -0.1) is 0 Å². The number of aliphatic imine (C=N–C) groups is 2. The Morgan fingerprint density at radius 2 is 2.17 bits per heavy atom. The zero-order valence-electron chi connectivity index (χ0n) is 12.4. The summed E-state index contributed by atoms with van der Waals surface area (Å²) < 4.78 is 40.7. The summed E-state index contributed by atoms with van der Waals surface area (Å²) >= 11 is 3.16. The molecule has 0 spiro atoms. The summed E-state index contributed by atoms with van der Waals surface area (Å²) in [6.07, 6.45) is 3.96. The molecule has 1 aromatic rings. The molecule has 0 bridgehead atoms. The lowest BCUT2D eigenvalue weighted by atomic mass is 10.2. The molecule has 0 saturated carbocycles. The zero-order chi connectivity index (χ0) is 17.5. The highest BCUT2D eigenvalue weighted by molar-refractivity contribution is 9.11. The third-order valence-electron chi connectivity index (χ3n) is 3.23. The second-order valence-corrected chi connectivity index (χ2v) is 7.16. The van der Waals surface area contributed by atoms with E-state index in [0.29, 0.717) is 10.2 Å². The van der Waals surface area contributed by atoms with E-state index in [4.69, 9.17) is 4.84 Å². The lowest BCUT2D eigenvalue weighted by Crippen LogP contribution is -2.42. The van der Waals surface area contributed by atoms with Gasteiger partial charge >= 0.3 is 21.0 Å². The maximum atomic E-state index is 13.8. The lowest BCUT2D eigenvalue weighted by Gasteiger charge is -2.19. The summed E-state index contributed by atoms with van der Waals surface area (Å²) in [6.45, 7) is 1.55. The molecule has 0 radical (unpaired) electrons. The van der Waals surface area contributed by atoms with Crippen molar-refractivity contribution in [2.75, 3.05) is 11.8 Å². The van der Waals surface area contributed by atoms with Gasteiger partial charge in [-0.1, -0.05) is 0 Å². The Balaban J connectivity index is 2.02. The van der Waals surface area contributed by atoms with Crippen LogP contribution in [-0.2, 0) is 14.9 Å². The topological polar surface area (TPSA) is 105 Å². The number of aromatic nitrogens is 1. The van der Waals surface area contributed by atoms with Crippen LogP contribution in [0.15, 0.2) is 38.2 Å². The van der Waals surface area contributed by atoms with Crippen molar-refractivity contribution in [3.63, 3.8) is 0 Å². The number of hydroxylamine groups is 2. The van der Waals surface area contributed by atoms with Gasteiger partial charge in [-0.05, 0) is 34.5 Å². The van der Waals surface area contributed by atoms with Gasteiger partial charge in [0.2, 0.25) is 5.95 Å². The Bertz CT molecular complexity index is 922. The number of nitrogens with zero attached hydrogens (tertiary/aromatic N) is 5. The van der Waals surface area contributed by atoms with Crippen LogP contribution >= 0.6 is 15.9 Å². The first-order valence-electron chi connectivity index (χ1n) is 6.48. The number of rotatable bonds is 3. The first-order chi connectivity index (χ1) is 11.3. The fraction of sp³-hybridized carbons (Fsp3) is 0.167. The number of nitrogens with one attached hydrogen (secondary N) is 1. The van der Waals surface area contributed by atoms with Crippen molar-refractivity contribution in [3.8, 4) is 0 Å². The average molecular weight is 418 g/mol. The summed E-state index contributed by atoms with van der Waals surface area (Å²) in [5.41, 5.74) is 0.106. The predicted molar refractivity (Wildman–Crippen MR) is 89.1 cm³/mol. The van der Waals surface area contributed by atoms with Gasteiger partial charge in [0.05, 0.1) is 7.11 Å². The second kappa shape index (κ2) is 5.81.